The Kier molecular flexibility index (Phi) is 5.86. The van der Waals surface area contributed by atoms with Crippen molar-refractivity contribution in [1.82, 2.24) is 15.0 Å². The van der Waals surface area contributed by atoms with Gasteiger partial charge >= 0.3 is 0 Å². The number of anilines is 2. The molecule has 26 heavy (non-hydrogen) atoms. The first-order valence-corrected chi connectivity index (χ1v) is 8.69. The zero-order chi connectivity index (χ0) is 18.4. The minimum Gasteiger partial charge on any atom is -0.478 e. The molecule has 0 fully saturated rings. The third-order valence-electron chi connectivity index (χ3n) is 3.80. The van der Waals surface area contributed by atoms with Gasteiger partial charge in [0.2, 0.25) is 11.8 Å². The molecule has 3 rings (SSSR count). The third kappa shape index (κ3) is 4.61. The smallest absolute Gasteiger partial charge is 0.222 e. The van der Waals surface area contributed by atoms with E-state index in [0.717, 1.165) is 23.2 Å². The SMILES string of the molecule is Cc1c(Cl)cccc1-c1cc(NCCCOc2ccccn2)nc(N)n1. The number of nitrogens with two attached hydrogens (primary N) is 1. The summed E-state index contributed by atoms with van der Waals surface area (Å²) >= 11 is 6.20. The Labute approximate surface area is 157 Å². The molecular formula is C19H20ClN5O. The number of aromatic nitrogens is 3. The molecule has 2 aromatic heterocycles. The molecule has 0 amide bonds. The molecule has 0 saturated carbocycles. The van der Waals surface area contributed by atoms with Crippen molar-refractivity contribution in [2.75, 3.05) is 24.2 Å². The van der Waals surface area contributed by atoms with Crippen LogP contribution < -0.4 is 15.8 Å². The number of nitrogens with zero attached hydrogens (tertiary/aromatic N) is 3. The number of benzene rings is 1. The van der Waals surface area contributed by atoms with Crippen LogP contribution in [0.25, 0.3) is 11.3 Å². The van der Waals surface area contributed by atoms with Gasteiger partial charge in [0.05, 0.1) is 12.3 Å². The number of rotatable bonds is 7. The number of pyridine rings is 1. The number of nitrogens with one attached hydrogen (secondary N) is 1. The van der Waals surface area contributed by atoms with Crippen LogP contribution in [0.3, 0.4) is 0 Å². The summed E-state index contributed by atoms with van der Waals surface area (Å²) < 4.78 is 5.57. The van der Waals surface area contributed by atoms with Gasteiger partial charge in [0.1, 0.15) is 5.82 Å². The van der Waals surface area contributed by atoms with Crippen LogP contribution >= 0.6 is 11.6 Å². The van der Waals surface area contributed by atoms with Crippen LogP contribution in [-0.4, -0.2) is 28.1 Å². The number of nitrogen functional groups attached to an aromatic ring is 1. The molecule has 0 aliphatic heterocycles. The summed E-state index contributed by atoms with van der Waals surface area (Å²) in [5.41, 5.74) is 8.50. The number of hydrogen-bond donors (Lipinski definition) is 2. The summed E-state index contributed by atoms with van der Waals surface area (Å²) in [4.78, 5) is 12.7. The second-order valence-corrected chi connectivity index (χ2v) is 6.11. The monoisotopic (exact) mass is 369 g/mol. The molecule has 1 aromatic carbocycles. The van der Waals surface area contributed by atoms with Crippen molar-refractivity contribution in [3.05, 3.63) is 59.2 Å². The summed E-state index contributed by atoms with van der Waals surface area (Å²) in [6.45, 7) is 3.21. The molecule has 134 valence electrons. The van der Waals surface area contributed by atoms with E-state index in [1.807, 2.05) is 49.4 Å². The van der Waals surface area contributed by atoms with E-state index in [9.17, 15) is 0 Å². The lowest BCUT2D eigenvalue weighted by molar-refractivity contribution is 0.303. The lowest BCUT2D eigenvalue weighted by Gasteiger charge is -2.11. The minimum absolute atomic E-state index is 0.217. The predicted molar refractivity (Wildman–Crippen MR) is 104 cm³/mol. The maximum atomic E-state index is 6.20. The van der Waals surface area contributed by atoms with E-state index >= 15 is 0 Å². The zero-order valence-electron chi connectivity index (χ0n) is 14.4. The molecule has 0 spiro atoms. The summed E-state index contributed by atoms with van der Waals surface area (Å²) in [5, 5.41) is 3.95. The van der Waals surface area contributed by atoms with Gasteiger partial charge in [0.25, 0.3) is 0 Å². The highest BCUT2D eigenvalue weighted by Crippen LogP contribution is 2.28. The van der Waals surface area contributed by atoms with Crippen LogP contribution in [0.2, 0.25) is 5.02 Å². The molecule has 0 unspecified atom stereocenters. The van der Waals surface area contributed by atoms with Crippen LogP contribution in [0, 0.1) is 6.92 Å². The number of ether oxygens (including phenoxy) is 1. The van der Waals surface area contributed by atoms with Gasteiger partial charge in [-0.2, -0.15) is 4.98 Å². The normalized spacial score (nSPS) is 10.5. The van der Waals surface area contributed by atoms with E-state index in [1.54, 1.807) is 6.20 Å². The number of halogens is 1. The lowest BCUT2D eigenvalue weighted by Crippen LogP contribution is -2.10. The zero-order valence-corrected chi connectivity index (χ0v) is 15.2. The van der Waals surface area contributed by atoms with Gasteiger partial charge in [-0.05, 0) is 31.0 Å². The molecule has 7 heteroatoms. The van der Waals surface area contributed by atoms with Gasteiger partial charge in [0, 0.05) is 35.5 Å². The Balaban J connectivity index is 1.60. The molecular weight excluding hydrogens is 350 g/mol. The maximum Gasteiger partial charge on any atom is 0.222 e. The lowest BCUT2D eigenvalue weighted by atomic mass is 10.1. The Bertz CT molecular complexity index is 873. The molecule has 0 bridgehead atoms. The van der Waals surface area contributed by atoms with Crippen LogP contribution in [-0.2, 0) is 0 Å². The van der Waals surface area contributed by atoms with Crippen molar-refractivity contribution in [1.29, 1.82) is 0 Å². The third-order valence-corrected chi connectivity index (χ3v) is 4.21. The van der Waals surface area contributed by atoms with E-state index in [2.05, 4.69) is 20.3 Å². The molecule has 0 radical (unpaired) electrons. The van der Waals surface area contributed by atoms with Crippen LogP contribution in [0.5, 0.6) is 5.88 Å². The largest absolute Gasteiger partial charge is 0.478 e. The van der Waals surface area contributed by atoms with Crippen LogP contribution in [0.4, 0.5) is 11.8 Å². The first-order valence-electron chi connectivity index (χ1n) is 8.31. The average Bonchev–Trinajstić information content (AvgIpc) is 2.64. The van der Waals surface area contributed by atoms with Gasteiger partial charge in [-0.3, -0.25) is 0 Å². The highest BCUT2D eigenvalue weighted by molar-refractivity contribution is 6.31. The molecule has 0 saturated heterocycles. The van der Waals surface area contributed by atoms with Crippen molar-refractivity contribution in [2.45, 2.75) is 13.3 Å². The fourth-order valence-corrected chi connectivity index (χ4v) is 2.65. The van der Waals surface area contributed by atoms with Crippen LogP contribution in [0.15, 0.2) is 48.7 Å². The molecule has 2 heterocycles. The summed E-state index contributed by atoms with van der Waals surface area (Å²) in [6, 6.07) is 13.2. The molecule has 0 aliphatic carbocycles. The maximum absolute atomic E-state index is 6.20. The first kappa shape index (κ1) is 17.9. The Morgan fingerprint density at radius 2 is 2.04 bits per heavy atom. The van der Waals surface area contributed by atoms with Gasteiger partial charge in [-0.1, -0.05) is 29.8 Å². The van der Waals surface area contributed by atoms with Gasteiger partial charge in [0.15, 0.2) is 0 Å². The van der Waals surface area contributed by atoms with E-state index in [0.29, 0.717) is 29.9 Å². The fourth-order valence-electron chi connectivity index (χ4n) is 2.48. The van der Waals surface area contributed by atoms with Crippen molar-refractivity contribution in [3.63, 3.8) is 0 Å². The minimum atomic E-state index is 0.217. The van der Waals surface area contributed by atoms with E-state index < -0.39 is 0 Å². The van der Waals surface area contributed by atoms with Crippen molar-refractivity contribution in [3.8, 4) is 17.1 Å². The fraction of sp³-hybridized carbons (Fsp3) is 0.211. The molecule has 6 nitrogen and oxygen atoms in total. The van der Waals surface area contributed by atoms with E-state index in [-0.39, 0.29) is 5.95 Å². The molecule has 3 N–H and O–H groups in total. The quantitative estimate of drug-likeness (QED) is 0.613. The summed E-state index contributed by atoms with van der Waals surface area (Å²) in [5.74, 6) is 1.51. The van der Waals surface area contributed by atoms with E-state index in [4.69, 9.17) is 22.1 Å². The standard InChI is InChI=1S/C19H20ClN5O/c1-13-14(6-4-7-15(13)20)16-12-17(25-19(21)24-16)22-10-5-11-26-18-8-2-3-9-23-18/h2-4,6-9,12H,5,10-11H2,1H3,(H3,21,22,24,25). The second-order valence-electron chi connectivity index (χ2n) is 5.71. The Morgan fingerprint density at radius 1 is 1.15 bits per heavy atom. The second kappa shape index (κ2) is 8.49. The van der Waals surface area contributed by atoms with Gasteiger partial charge in [-0.15, -0.1) is 0 Å². The van der Waals surface area contributed by atoms with Crippen molar-refractivity contribution < 1.29 is 4.74 Å². The molecule has 0 aliphatic rings. The van der Waals surface area contributed by atoms with E-state index in [1.165, 1.54) is 0 Å². The van der Waals surface area contributed by atoms with Crippen molar-refractivity contribution in [2.24, 2.45) is 0 Å². The van der Waals surface area contributed by atoms with Crippen LogP contribution in [0.1, 0.15) is 12.0 Å². The van der Waals surface area contributed by atoms with Gasteiger partial charge < -0.3 is 15.8 Å². The predicted octanol–water partition coefficient (Wildman–Crippen LogP) is 3.96. The van der Waals surface area contributed by atoms with Crippen molar-refractivity contribution >= 4 is 23.4 Å². The van der Waals surface area contributed by atoms with Gasteiger partial charge in [-0.25, -0.2) is 9.97 Å². The Morgan fingerprint density at radius 3 is 2.85 bits per heavy atom. The summed E-state index contributed by atoms with van der Waals surface area (Å²) in [6.07, 6.45) is 2.50. The number of hydrogen-bond acceptors (Lipinski definition) is 6. The highest BCUT2D eigenvalue weighted by Gasteiger charge is 2.09. The molecule has 0 atom stereocenters. The highest BCUT2D eigenvalue weighted by atomic mass is 35.5. The average molecular weight is 370 g/mol. The topological polar surface area (TPSA) is 86.0 Å². The Hall–Kier alpha value is -2.86. The summed E-state index contributed by atoms with van der Waals surface area (Å²) in [7, 11) is 0. The molecule has 3 aromatic rings. The first-order chi connectivity index (χ1) is 12.6.